The van der Waals surface area contributed by atoms with Crippen LogP contribution in [0.3, 0.4) is 0 Å². The van der Waals surface area contributed by atoms with Gasteiger partial charge in [0.05, 0.1) is 4.47 Å². The summed E-state index contributed by atoms with van der Waals surface area (Å²) in [5, 5.41) is 18.0. The number of hydrogen-bond acceptors (Lipinski definition) is 3. The van der Waals surface area contributed by atoms with Crippen LogP contribution in [0.4, 0.5) is 4.39 Å². The summed E-state index contributed by atoms with van der Waals surface area (Å²) in [4.78, 5) is 10.2. The van der Waals surface area contributed by atoms with Gasteiger partial charge < -0.3 is 10.2 Å². The summed E-state index contributed by atoms with van der Waals surface area (Å²) >= 11 is 2.89. The van der Waals surface area contributed by atoms with Crippen LogP contribution < -0.4 is 0 Å². The zero-order chi connectivity index (χ0) is 10.1. The van der Waals surface area contributed by atoms with E-state index in [1.807, 2.05) is 0 Å². The molecular formula is C8H6BrFO3. The number of hydrogen-bond donors (Lipinski definition) is 2. The summed E-state index contributed by atoms with van der Waals surface area (Å²) in [6.45, 7) is 0. The maximum absolute atomic E-state index is 12.9. The van der Waals surface area contributed by atoms with Crippen LogP contribution in [0, 0.1) is 5.82 Å². The van der Waals surface area contributed by atoms with Crippen molar-refractivity contribution in [2.45, 2.75) is 5.79 Å². The molecule has 0 bridgehead atoms. The number of aliphatic hydroxyl groups is 2. The highest BCUT2D eigenvalue weighted by molar-refractivity contribution is 9.10. The first-order valence-corrected chi connectivity index (χ1v) is 4.13. The second-order valence-corrected chi connectivity index (χ2v) is 3.33. The van der Waals surface area contributed by atoms with E-state index >= 15 is 0 Å². The highest BCUT2D eigenvalue weighted by Crippen LogP contribution is 2.21. The monoisotopic (exact) mass is 248 g/mol. The van der Waals surface area contributed by atoms with Crippen molar-refractivity contribution < 1.29 is 19.4 Å². The van der Waals surface area contributed by atoms with Crippen LogP contribution >= 0.6 is 15.9 Å². The van der Waals surface area contributed by atoms with Crippen molar-refractivity contribution in [1.82, 2.24) is 0 Å². The Morgan fingerprint density at radius 3 is 2.54 bits per heavy atom. The molecule has 1 aromatic rings. The normalized spacial score (nSPS) is 11.4. The molecule has 0 aliphatic carbocycles. The summed E-state index contributed by atoms with van der Waals surface area (Å²) in [5.41, 5.74) is -0.205. The van der Waals surface area contributed by atoms with Gasteiger partial charge in [-0.1, -0.05) is 6.07 Å². The summed E-state index contributed by atoms with van der Waals surface area (Å²) in [7, 11) is 0. The Kier molecular flexibility index (Phi) is 2.80. The van der Waals surface area contributed by atoms with Crippen LogP contribution in [0.1, 0.15) is 5.56 Å². The second-order valence-electron chi connectivity index (χ2n) is 2.47. The lowest BCUT2D eigenvalue weighted by atomic mass is 10.1. The zero-order valence-electron chi connectivity index (χ0n) is 6.37. The lowest BCUT2D eigenvalue weighted by Gasteiger charge is -2.14. The molecule has 0 atom stereocenters. The molecule has 0 heterocycles. The molecule has 0 amide bonds. The Morgan fingerprint density at radius 1 is 1.46 bits per heavy atom. The quantitative estimate of drug-likeness (QED) is 0.605. The summed E-state index contributed by atoms with van der Waals surface area (Å²) in [6, 6.07) is 3.40. The van der Waals surface area contributed by atoms with Crippen LogP contribution in [0.2, 0.25) is 0 Å². The van der Waals surface area contributed by atoms with Crippen molar-refractivity contribution >= 4 is 22.2 Å². The van der Waals surface area contributed by atoms with E-state index < -0.39 is 11.6 Å². The summed E-state index contributed by atoms with van der Waals surface area (Å²) in [5.74, 6) is -3.28. The van der Waals surface area contributed by atoms with E-state index in [-0.39, 0.29) is 16.3 Å². The molecule has 0 aliphatic rings. The molecule has 1 aromatic carbocycles. The van der Waals surface area contributed by atoms with E-state index in [1.54, 1.807) is 0 Å². The maximum atomic E-state index is 12.9. The lowest BCUT2D eigenvalue weighted by Crippen LogP contribution is -2.26. The van der Waals surface area contributed by atoms with E-state index in [0.29, 0.717) is 0 Å². The number of carbonyl (C=O) groups excluding carboxylic acids is 1. The van der Waals surface area contributed by atoms with Gasteiger partial charge in [0.1, 0.15) is 5.82 Å². The lowest BCUT2D eigenvalue weighted by molar-refractivity contribution is -0.173. The Labute approximate surface area is 81.9 Å². The van der Waals surface area contributed by atoms with Crippen molar-refractivity contribution in [2.24, 2.45) is 0 Å². The summed E-state index contributed by atoms with van der Waals surface area (Å²) < 4.78 is 13.1. The van der Waals surface area contributed by atoms with Gasteiger partial charge in [-0.05, 0) is 28.1 Å². The highest BCUT2D eigenvalue weighted by Gasteiger charge is 2.25. The maximum Gasteiger partial charge on any atom is 0.248 e. The molecule has 0 spiro atoms. The number of halogens is 2. The minimum Gasteiger partial charge on any atom is -0.356 e. The molecule has 3 nitrogen and oxygen atoms in total. The van der Waals surface area contributed by atoms with Gasteiger partial charge in [-0.3, -0.25) is 4.79 Å². The first-order valence-electron chi connectivity index (χ1n) is 3.34. The van der Waals surface area contributed by atoms with Crippen molar-refractivity contribution in [3.63, 3.8) is 0 Å². The van der Waals surface area contributed by atoms with Crippen molar-refractivity contribution in [1.29, 1.82) is 0 Å². The van der Waals surface area contributed by atoms with Gasteiger partial charge in [-0.2, -0.15) is 0 Å². The van der Waals surface area contributed by atoms with E-state index in [1.165, 1.54) is 12.1 Å². The second kappa shape index (κ2) is 3.53. The molecule has 0 unspecified atom stereocenters. The Bertz CT molecular complexity index is 338. The van der Waals surface area contributed by atoms with Gasteiger partial charge in [0.2, 0.25) is 5.79 Å². The molecule has 1 rings (SSSR count). The molecule has 0 fully saturated rings. The third-order valence-electron chi connectivity index (χ3n) is 1.51. The van der Waals surface area contributed by atoms with Gasteiger partial charge in [0.25, 0.3) is 0 Å². The molecular weight excluding hydrogens is 243 g/mol. The van der Waals surface area contributed by atoms with Gasteiger partial charge in [-0.15, -0.1) is 0 Å². The fraction of sp³-hybridized carbons (Fsp3) is 0.125. The Hall–Kier alpha value is -0.780. The number of carbonyl (C=O) groups is 1. The SMILES string of the molecule is O=CC(O)(O)c1ccc(Br)c(F)c1. The standard InChI is InChI=1S/C8H6BrFO3/c9-6-2-1-5(3-7(6)10)8(12,13)4-11/h1-4,12-13H. The van der Waals surface area contributed by atoms with E-state index in [0.717, 1.165) is 6.07 Å². The molecule has 2 N–H and O–H groups in total. The fourth-order valence-electron chi connectivity index (χ4n) is 0.793. The van der Waals surface area contributed by atoms with Gasteiger partial charge in [0, 0.05) is 5.56 Å². The molecule has 0 radical (unpaired) electrons. The summed E-state index contributed by atoms with van der Waals surface area (Å²) in [6.07, 6.45) is -0.0737. The minimum atomic E-state index is -2.62. The third kappa shape index (κ3) is 2.12. The average Bonchev–Trinajstić information content (AvgIpc) is 2.09. The smallest absolute Gasteiger partial charge is 0.248 e. The number of aldehydes is 1. The van der Waals surface area contributed by atoms with Crippen molar-refractivity contribution in [3.05, 3.63) is 34.1 Å². The predicted octanol–water partition coefficient (Wildman–Crippen LogP) is 0.925. The molecule has 0 saturated carbocycles. The van der Waals surface area contributed by atoms with Crippen LogP contribution in [-0.2, 0) is 10.6 Å². The average molecular weight is 249 g/mol. The topological polar surface area (TPSA) is 57.5 Å². The highest BCUT2D eigenvalue weighted by atomic mass is 79.9. The van der Waals surface area contributed by atoms with Crippen molar-refractivity contribution in [3.8, 4) is 0 Å². The van der Waals surface area contributed by atoms with E-state index in [4.69, 9.17) is 10.2 Å². The number of benzene rings is 1. The van der Waals surface area contributed by atoms with Gasteiger partial charge in [-0.25, -0.2) is 4.39 Å². The molecule has 70 valence electrons. The van der Waals surface area contributed by atoms with E-state index in [2.05, 4.69) is 15.9 Å². The molecule has 13 heavy (non-hydrogen) atoms. The van der Waals surface area contributed by atoms with Crippen LogP contribution in [0.5, 0.6) is 0 Å². The molecule has 0 saturated heterocycles. The number of rotatable bonds is 2. The van der Waals surface area contributed by atoms with E-state index in [9.17, 15) is 9.18 Å². The third-order valence-corrected chi connectivity index (χ3v) is 2.15. The minimum absolute atomic E-state index is 0.0737. The Morgan fingerprint density at radius 2 is 2.08 bits per heavy atom. The first-order chi connectivity index (χ1) is 5.97. The largest absolute Gasteiger partial charge is 0.356 e. The van der Waals surface area contributed by atoms with Crippen LogP contribution in [-0.4, -0.2) is 16.5 Å². The first kappa shape index (κ1) is 10.3. The van der Waals surface area contributed by atoms with Gasteiger partial charge in [0.15, 0.2) is 6.29 Å². The van der Waals surface area contributed by atoms with Crippen molar-refractivity contribution in [2.75, 3.05) is 0 Å². The fourth-order valence-corrected chi connectivity index (χ4v) is 1.04. The van der Waals surface area contributed by atoms with Crippen LogP contribution in [0.25, 0.3) is 0 Å². The van der Waals surface area contributed by atoms with Crippen LogP contribution in [0.15, 0.2) is 22.7 Å². The zero-order valence-corrected chi connectivity index (χ0v) is 7.95. The molecule has 5 heteroatoms. The van der Waals surface area contributed by atoms with Gasteiger partial charge >= 0.3 is 0 Å². The molecule has 0 aromatic heterocycles. The Balaban J connectivity index is 3.18. The predicted molar refractivity (Wildman–Crippen MR) is 46.3 cm³/mol. The molecule has 0 aliphatic heterocycles.